The summed E-state index contributed by atoms with van der Waals surface area (Å²) in [5, 5.41) is 12.3. The molecule has 0 aromatic heterocycles. The molecule has 0 bridgehead atoms. The van der Waals surface area contributed by atoms with Crippen molar-refractivity contribution in [3.05, 3.63) is 59.7 Å². The maximum absolute atomic E-state index is 12.8. The molecule has 0 saturated carbocycles. The molecule has 1 fully saturated rings. The first-order valence-corrected chi connectivity index (χ1v) is 12.5. The van der Waals surface area contributed by atoms with Crippen LogP contribution in [0, 0.1) is 11.8 Å². The van der Waals surface area contributed by atoms with E-state index in [1.54, 1.807) is 0 Å². The van der Waals surface area contributed by atoms with Crippen LogP contribution in [0.1, 0.15) is 56.6 Å². The molecule has 3 unspecified atom stereocenters. The summed E-state index contributed by atoms with van der Waals surface area (Å²) in [6.07, 6.45) is 1.93. The highest BCUT2D eigenvalue weighted by Gasteiger charge is 2.36. The number of carboxylic acids is 1. The van der Waals surface area contributed by atoms with Gasteiger partial charge in [-0.1, -0.05) is 68.8 Å². The van der Waals surface area contributed by atoms with Gasteiger partial charge in [0.25, 0.3) is 0 Å². The van der Waals surface area contributed by atoms with E-state index in [0.717, 1.165) is 24.0 Å². The number of nitrogens with one attached hydrogen (secondary N) is 1. The minimum Gasteiger partial charge on any atom is -0.480 e. The van der Waals surface area contributed by atoms with Gasteiger partial charge in [0.05, 0.1) is 0 Å². The molecule has 186 valence electrons. The van der Waals surface area contributed by atoms with Crippen LogP contribution in [0.3, 0.4) is 0 Å². The standard InChI is InChI=1S/C28H34N2O5/c1-3-19-12-13-30(25(15-19)27(32)33)26(31)14-18(2)16-29-28(34)35-17-24-22-10-6-4-8-20(22)21-9-5-7-11-23(21)24/h4-11,18-19,24-25H,3,12-17H2,1-2H3,(H,29,34)(H,32,33). The van der Waals surface area contributed by atoms with E-state index in [4.69, 9.17) is 4.74 Å². The van der Waals surface area contributed by atoms with E-state index in [9.17, 15) is 19.5 Å². The summed E-state index contributed by atoms with van der Waals surface area (Å²) in [7, 11) is 0. The lowest BCUT2D eigenvalue weighted by molar-refractivity contribution is -0.153. The van der Waals surface area contributed by atoms with E-state index in [1.807, 2.05) is 31.2 Å². The molecule has 7 heteroatoms. The molecule has 1 aliphatic carbocycles. The van der Waals surface area contributed by atoms with Crippen LogP contribution >= 0.6 is 0 Å². The Balaban J connectivity index is 1.26. The number of carbonyl (C=O) groups excluding carboxylic acids is 2. The van der Waals surface area contributed by atoms with Crippen LogP contribution in [0.2, 0.25) is 0 Å². The number of hydrogen-bond acceptors (Lipinski definition) is 4. The van der Waals surface area contributed by atoms with Gasteiger partial charge in [0.1, 0.15) is 12.6 Å². The number of alkyl carbamates (subject to hydrolysis) is 1. The molecule has 3 atom stereocenters. The lowest BCUT2D eigenvalue weighted by Gasteiger charge is -2.37. The molecule has 35 heavy (non-hydrogen) atoms. The van der Waals surface area contributed by atoms with Crippen LogP contribution in [0.4, 0.5) is 4.79 Å². The van der Waals surface area contributed by atoms with Gasteiger partial charge in [0.15, 0.2) is 0 Å². The molecule has 0 radical (unpaired) electrons. The third-order valence-electron chi connectivity index (χ3n) is 7.36. The SMILES string of the molecule is CCC1CCN(C(=O)CC(C)CNC(=O)OCC2c3ccccc3-c3ccccc32)C(C(=O)O)C1. The number of carboxylic acid groups (broad SMARTS) is 1. The van der Waals surface area contributed by atoms with Gasteiger partial charge in [-0.3, -0.25) is 4.79 Å². The van der Waals surface area contributed by atoms with E-state index >= 15 is 0 Å². The predicted octanol–water partition coefficient (Wildman–Crippen LogP) is 4.65. The number of fused-ring (bicyclic) bond motifs is 3. The molecule has 2 aliphatic rings. The van der Waals surface area contributed by atoms with Gasteiger partial charge in [-0.05, 0) is 46.9 Å². The Hall–Kier alpha value is -3.35. The van der Waals surface area contributed by atoms with Crippen molar-refractivity contribution in [3.8, 4) is 11.1 Å². The van der Waals surface area contributed by atoms with Crippen LogP contribution in [0.25, 0.3) is 11.1 Å². The quantitative estimate of drug-likeness (QED) is 0.576. The van der Waals surface area contributed by atoms with Crippen LogP contribution in [-0.2, 0) is 14.3 Å². The van der Waals surface area contributed by atoms with Crippen molar-refractivity contribution in [2.24, 2.45) is 11.8 Å². The number of hydrogen-bond donors (Lipinski definition) is 2. The van der Waals surface area contributed by atoms with E-state index in [-0.39, 0.29) is 37.3 Å². The fraction of sp³-hybridized carbons (Fsp3) is 0.464. The second-order valence-corrected chi connectivity index (χ2v) is 9.76. The van der Waals surface area contributed by atoms with Crippen molar-refractivity contribution in [2.45, 2.75) is 51.5 Å². The minimum atomic E-state index is -0.944. The summed E-state index contributed by atoms with van der Waals surface area (Å²) in [4.78, 5) is 38.4. The first-order valence-electron chi connectivity index (χ1n) is 12.5. The number of rotatable bonds is 8. The van der Waals surface area contributed by atoms with Gasteiger partial charge in [-0.15, -0.1) is 0 Å². The molecular formula is C28H34N2O5. The van der Waals surface area contributed by atoms with Crippen molar-refractivity contribution >= 4 is 18.0 Å². The highest BCUT2D eigenvalue weighted by atomic mass is 16.5. The maximum Gasteiger partial charge on any atom is 0.407 e. The molecule has 1 saturated heterocycles. The average molecular weight is 479 g/mol. The summed E-state index contributed by atoms with van der Waals surface area (Å²) in [6.45, 7) is 4.92. The van der Waals surface area contributed by atoms with Crippen molar-refractivity contribution in [1.29, 1.82) is 0 Å². The normalized spacial score (nSPS) is 20.0. The number of nitrogens with zero attached hydrogens (tertiary/aromatic N) is 1. The molecule has 7 nitrogen and oxygen atoms in total. The van der Waals surface area contributed by atoms with Crippen LogP contribution in [0.15, 0.2) is 48.5 Å². The Kier molecular flexibility index (Phi) is 7.73. The lowest BCUT2D eigenvalue weighted by atomic mass is 9.88. The first-order chi connectivity index (χ1) is 16.9. The van der Waals surface area contributed by atoms with Crippen molar-refractivity contribution in [3.63, 3.8) is 0 Å². The zero-order valence-electron chi connectivity index (χ0n) is 20.4. The second kappa shape index (κ2) is 10.9. The minimum absolute atomic E-state index is 0.00819. The third kappa shape index (κ3) is 5.50. The van der Waals surface area contributed by atoms with Crippen molar-refractivity contribution in [2.75, 3.05) is 19.7 Å². The fourth-order valence-electron chi connectivity index (χ4n) is 5.34. The van der Waals surface area contributed by atoms with Crippen LogP contribution in [0.5, 0.6) is 0 Å². The topological polar surface area (TPSA) is 95.9 Å². The molecule has 2 aromatic carbocycles. The van der Waals surface area contributed by atoms with E-state index in [2.05, 4.69) is 36.5 Å². The van der Waals surface area contributed by atoms with Crippen molar-refractivity contribution < 1.29 is 24.2 Å². The number of ether oxygens (including phenoxy) is 1. The Labute approximate surface area is 206 Å². The summed E-state index contributed by atoms with van der Waals surface area (Å²) >= 11 is 0. The average Bonchev–Trinajstić information content (AvgIpc) is 3.19. The van der Waals surface area contributed by atoms with Crippen LogP contribution < -0.4 is 5.32 Å². The highest BCUT2D eigenvalue weighted by molar-refractivity contribution is 5.84. The molecule has 2 amide bonds. The molecular weight excluding hydrogens is 444 g/mol. The number of carbonyl (C=O) groups is 3. The van der Waals surface area contributed by atoms with Gasteiger partial charge >= 0.3 is 12.1 Å². The molecule has 1 heterocycles. The van der Waals surface area contributed by atoms with E-state index in [1.165, 1.54) is 16.0 Å². The largest absolute Gasteiger partial charge is 0.480 e. The Morgan fingerprint density at radius 3 is 2.31 bits per heavy atom. The summed E-state index contributed by atoms with van der Waals surface area (Å²) in [5.74, 6) is -0.921. The third-order valence-corrected chi connectivity index (χ3v) is 7.36. The number of piperidine rings is 1. The van der Waals surface area contributed by atoms with E-state index < -0.39 is 18.1 Å². The molecule has 2 N–H and O–H groups in total. The number of likely N-dealkylation sites (tertiary alicyclic amines) is 1. The number of benzene rings is 2. The van der Waals surface area contributed by atoms with Gasteiger partial charge in [0, 0.05) is 25.4 Å². The lowest BCUT2D eigenvalue weighted by Crippen LogP contribution is -2.50. The van der Waals surface area contributed by atoms with Crippen LogP contribution in [-0.4, -0.2) is 53.7 Å². The number of aliphatic carboxylic acids is 1. The molecule has 4 rings (SSSR count). The fourth-order valence-corrected chi connectivity index (χ4v) is 5.34. The zero-order valence-corrected chi connectivity index (χ0v) is 20.4. The van der Waals surface area contributed by atoms with Gasteiger partial charge in [-0.25, -0.2) is 9.59 Å². The smallest absolute Gasteiger partial charge is 0.407 e. The predicted molar refractivity (Wildman–Crippen MR) is 133 cm³/mol. The summed E-state index contributed by atoms with van der Waals surface area (Å²) in [5.41, 5.74) is 4.65. The highest BCUT2D eigenvalue weighted by Crippen LogP contribution is 2.44. The van der Waals surface area contributed by atoms with E-state index in [0.29, 0.717) is 18.9 Å². The Morgan fingerprint density at radius 1 is 1.09 bits per heavy atom. The maximum atomic E-state index is 12.8. The van der Waals surface area contributed by atoms with Gasteiger partial charge < -0.3 is 20.1 Å². The molecule has 2 aromatic rings. The van der Waals surface area contributed by atoms with Gasteiger partial charge in [0.2, 0.25) is 5.91 Å². The molecule has 0 spiro atoms. The summed E-state index contributed by atoms with van der Waals surface area (Å²) < 4.78 is 5.56. The zero-order chi connectivity index (χ0) is 24.9. The monoisotopic (exact) mass is 478 g/mol. The molecule has 1 aliphatic heterocycles. The Bertz CT molecular complexity index is 1040. The second-order valence-electron chi connectivity index (χ2n) is 9.76. The van der Waals surface area contributed by atoms with Crippen molar-refractivity contribution in [1.82, 2.24) is 10.2 Å². The summed E-state index contributed by atoms with van der Waals surface area (Å²) in [6, 6.07) is 15.6. The van der Waals surface area contributed by atoms with Gasteiger partial charge in [-0.2, -0.15) is 0 Å². The number of amides is 2. The Morgan fingerprint density at radius 2 is 1.71 bits per heavy atom. The first kappa shape index (κ1) is 24.8.